The van der Waals surface area contributed by atoms with Crippen LogP contribution in [0.5, 0.6) is 0 Å². The second-order valence-corrected chi connectivity index (χ2v) is 5.90. The molecule has 1 aliphatic carbocycles. The Morgan fingerprint density at radius 3 is 2.57 bits per heavy atom. The Hall–Kier alpha value is -2.50. The maximum atomic E-state index is 10.8. The molecule has 1 fully saturated rings. The summed E-state index contributed by atoms with van der Waals surface area (Å²) in [6, 6.07) is 8.34. The number of non-ortho nitro benzene ring substituents is 1. The van der Waals surface area contributed by atoms with E-state index in [1.54, 1.807) is 12.1 Å². The lowest BCUT2D eigenvalue weighted by molar-refractivity contribution is -0.384. The highest BCUT2D eigenvalue weighted by Gasteiger charge is 2.17. The second kappa shape index (κ2) is 6.73. The molecule has 0 radical (unpaired) electrons. The van der Waals surface area contributed by atoms with E-state index >= 15 is 0 Å². The maximum absolute atomic E-state index is 10.8. The molecule has 23 heavy (non-hydrogen) atoms. The highest BCUT2D eigenvalue weighted by molar-refractivity contribution is 5.59. The molecular weight excluding hydrogens is 292 g/mol. The normalized spacial score (nSPS) is 14.3. The number of hydrogen-bond donors (Lipinski definition) is 1. The number of nitro benzene ring substituents is 1. The van der Waals surface area contributed by atoms with Crippen molar-refractivity contribution in [3.63, 3.8) is 0 Å². The van der Waals surface area contributed by atoms with Gasteiger partial charge in [0.2, 0.25) is 0 Å². The van der Waals surface area contributed by atoms with Gasteiger partial charge in [-0.1, -0.05) is 13.3 Å². The highest BCUT2D eigenvalue weighted by atomic mass is 16.6. The molecule has 120 valence electrons. The van der Waals surface area contributed by atoms with E-state index in [4.69, 9.17) is 0 Å². The van der Waals surface area contributed by atoms with Crippen LogP contribution in [0.25, 0.3) is 11.4 Å². The summed E-state index contributed by atoms with van der Waals surface area (Å²) >= 11 is 0. The Morgan fingerprint density at radius 1 is 1.26 bits per heavy atom. The maximum Gasteiger partial charge on any atom is 0.269 e. The number of benzene rings is 1. The largest absolute Gasteiger partial charge is 0.370 e. The highest BCUT2D eigenvalue weighted by Crippen LogP contribution is 2.27. The van der Waals surface area contributed by atoms with Crippen molar-refractivity contribution in [2.75, 3.05) is 11.9 Å². The van der Waals surface area contributed by atoms with Gasteiger partial charge in [-0.15, -0.1) is 0 Å². The van der Waals surface area contributed by atoms with Crippen LogP contribution in [-0.2, 0) is 6.42 Å². The summed E-state index contributed by atoms with van der Waals surface area (Å²) in [5, 5.41) is 14.2. The summed E-state index contributed by atoms with van der Waals surface area (Å²) in [5.41, 5.74) is 1.82. The Labute approximate surface area is 135 Å². The Bertz CT molecular complexity index is 696. The lowest BCUT2D eigenvalue weighted by Crippen LogP contribution is -2.21. The molecular formula is C17H20N4O2. The van der Waals surface area contributed by atoms with Crippen molar-refractivity contribution in [2.45, 2.75) is 32.6 Å². The van der Waals surface area contributed by atoms with Crippen molar-refractivity contribution >= 4 is 11.5 Å². The molecule has 0 aliphatic heterocycles. The van der Waals surface area contributed by atoms with E-state index in [9.17, 15) is 10.1 Å². The van der Waals surface area contributed by atoms with Crippen LogP contribution in [0.1, 0.15) is 31.9 Å². The van der Waals surface area contributed by atoms with Gasteiger partial charge in [0.1, 0.15) is 5.82 Å². The van der Waals surface area contributed by atoms with Gasteiger partial charge in [0, 0.05) is 36.0 Å². The summed E-state index contributed by atoms with van der Waals surface area (Å²) in [5.74, 6) is 2.19. The minimum absolute atomic E-state index is 0.0729. The van der Waals surface area contributed by atoms with Crippen LogP contribution in [0.2, 0.25) is 0 Å². The molecule has 1 heterocycles. The first-order valence-corrected chi connectivity index (χ1v) is 8.02. The fourth-order valence-corrected chi connectivity index (χ4v) is 2.58. The van der Waals surface area contributed by atoms with E-state index in [0.717, 1.165) is 36.0 Å². The predicted molar refractivity (Wildman–Crippen MR) is 89.3 cm³/mol. The number of hydrogen-bond acceptors (Lipinski definition) is 5. The average Bonchev–Trinajstić information content (AvgIpc) is 2.53. The summed E-state index contributed by atoms with van der Waals surface area (Å²) in [4.78, 5) is 19.4. The first kappa shape index (κ1) is 15.4. The number of nitrogens with zero attached hydrogens (tertiary/aromatic N) is 3. The van der Waals surface area contributed by atoms with Crippen LogP contribution >= 0.6 is 0 Å². The molecule has 3 rings (SSSR count). The minimum Gasteiger partial charge on any atom is -0.370 e. The molecule has 1 aromatic heterocycles. The van der Waals surface area contributed by atoms with Crippen LogP contribution in [0.3, 0.4) is 0 Å². The summed E-state index contributed by atoms with van der Waals surface area (Å²) in [6.07, 6.45) is 4.72. The molecule has 1 aromatic carbocycles. The van der Waals surface area contributed by atoms with Gasteiger partial charge in [-0.3, -0.25) is 10.1 Å². The van der Waals surface area contributed by atoms with E-state index in [2.05, 4.69) is 22.2 Å². The van der Waals surface area contributed by atoms with Crippen LogP contribution in [0.15, 0.2) is 30.3 Å². The van der Waals surface area contributed by atoms with E-state index in [1.165, 1.54) is 31.4 Å². The molecule has 0 spiro atoms. The topological polar surface area (TPSA) is 81.0 Å². The molecule has 0 atom stereocenters. The van der Waals surface area contributed by atoms with E-state index < -0.39 is 4.92 Å². The molecule has 1 aliphatic rings. The van der Waals surface area contributed by atoms with Crippen molar-refractivity contribution in [2.24, 2.45) is 5.92 Å². The molecule has 0 amide bonds. The van der Waals surface area contributed by atoms with Crippen molar-refractivity contribution < 1.29 is 4.92 Å². The third-order valence-electron chi connectivity index (χ3n) is 4.27. The lowest BCUT2D eigenvalue weighted by Gasteiger charge is -2.25. The SMILES string of the molecule is CCc1cc(NCC2CCC2)nc(-c2ccc([N+](=O)[O-])cc2)n1. The smallest absolute Gasteiger partial charge is 0.269 e. The Morgan fingerprint density at radius 2 is 2.00 bits per heavy atom. The summed E-state index contributed by atoms with van der Waals surface area (Å²) in [6.45, 7) is 3.00. The van der Waals surface area contributed by atoms with Gasteiger partial charge in [0.25, 0.3) is 5.69 Å². The number of nitro groups is 1. The minimum atomic E-state index is -0.404. The monoisotopic (exact) mass is 312 g/mol. The van der Waals surface area contributed by atoms with E-state index in [1.807, 2.05) is 6.07 Å². The fourth-order valence-electron chi connectivity index (χ4n) is 2.58. The number of nitrogens with one attached hydrogen (secondary N) is 1. The first-order chi connectivity index (χ1) is 11.2. The van der Waals surface area contributed by atoms with Crippen LogP contribution in [0.4, 0.5) is 11.5 Å². The van der Waals surface area contributed by atoms with E-state index in [-0.39, 0.29) is 5.69 Å². The molecule has 0 unspecified atom stereocenters. The van der Waals surface area contributed by atoms with Crippen molar-refractivity contribution in [3.05, 3.63) is 46.1 Å². The summed E-state index contributed by atoms with van der Waals surface area (Å²) in [7, 11) is 0. The van der Waals surface area contributed by atoms with Gasteiger partial charge in [-0.25, -0.2) is 9.97 Å². The molecule has 2 aromatic rings. The molecule has 0 bridgehead atoms. The fraction of sp³-hybridized carbons (Fsp3) is 0.412. The molecule has 1 N–H and O–H groups in total. The van der Waals surface area contributed by atoms with Crippen molar-refractivity contribution in [1.82, 2.24) is 9.97 Å². The number of anilines is 1. The number of aryl methyl sites for hydroxylation is 1. The average molecular weight is 312 g/mol. The number of rotatable bonds is 6. The Kier molecular flexibility index (Phi) is 4.50. The van der Waals surface area contributed by atoms with Gasteiger partial charge >= 0.3 is 0 Å². The zero-order valence-electron chi connectivity index (χ0n) is 13.2. The van der Waals surface area contributed by atoms with Gasteiger partial charge in [0.05, 0.1) is 4.92 Å². The zero-order chi connectivity index (χ0) is 16.2. The van der Waals surface area contributed by atoms with Crippen molar-refractivity contribution in [1.29, 1.82) is 0 Å². The Balaban J connectivity index is 1.83. The van der Waals surface area contributed by atoms with Crippen molar-refractivity contribution in [3.8, 4) is 11.4 Å². The second-order valence-electron chi connectivity index (χ2n) is 5.90. The molecule has 1 saturated carbocycles. The van der Waals surface area contributed by atoms with Gasteiger partial charge < -0.3 is 5.32 Å². The van der Waals surface area contributed by atoms with Gasteiger partial charge in [-0.2, -0.15) is 0 Å². The first-order valence-electron chi connectivity index (χ1n) is 8.02. The number of aromatic nitrogens is 2. The van der Waals surface area contributed by atoms with E-state index in [0.29, 0.717) is 5.82 Å². The third kappa shape index (κ3) is 3.64. The summed E-state index contributed by atoms with van der Waals surface area (Å²) < 4.78 is 0. The third-order valence-corrected chi connectivity index (χ3v) is 4.27. The molecule has 0 saturated heterocycles. The molecule has 6 heteroatoms. The van der Waals surface area contributed by atoms with Crippen LogP contribution in [0, 0.1) is 16.0 Å². The zero-order valence-corrected chi connectivity index (χ0v) is 13.2. The lowest BCUT2D eigenvalue weighted by atomic mass is 9.85. The standard InChI is InChI=1S/C17H20N4O2/c1-2-14-10-16(18-11-12-4-3-5-12)20-17(19-14)13-6-8-15(9-7-13)21(22)23/h6-10,12H,2-5,11H2,1H3,(H,18,19,20). The van der Waals surface area contributed by atoms with Crippen LogP contribution in [-0.4, -0.2) is 21.4 Å². The quantitative estimate of drug-likeness (QED) is 0.647. The predicted octanol–water partition coefficient (Wildman–Crippen LogP) is 3.83. The van der Waals surface area contributed by atoms with Gasteiger partial charge in [-0.05, 0) is 37.3 Å². The van der Waals surface area contributed by atoms with Crippen LogP contribution < -0.4 is 5.32 Å². The molecule has 6 nitrogen and oxygen atoms in total. The van der Waals surface area contributed by atoms with Gasteiger partial charge in [0.15, 0.2) is 5.82 Å².